The molecule has 3 aromatic rings. The molecule has 3 aromatic carbocycles. The smallest absolute Gasteiger partial charge is 0.269 e. The molecule has 0 atom stereocenters. The molecule has 0 radical (unpaired) electrons. The number of para-hydroxylation sites is 1. The second kappa shape index (κ2) is 11.5. The molecule has 0 aromatic heterocycles. The summed E-state index contributed by atoms with van der Waals surface area (Å²) in [6.07, 6.45) is 2.31. The minimum Gasteiger partial charge on any atom is -0.493 e. The first-order valence-corrected chi connectivity index (χ1v) is 10.5. The van der Waals surface area contributed by atoms with Crippen LogP contribution in [-0.2, 0) is 0 Å². The van der Waals surface area contributed by atoms with Crippen LogP contribution < -0.4 is 19.6 Å². The number of nitro benzene ring substituents is 1. The van der Waals surface area contributed by atoms with Crippen molar-refractivity contribution in [2.24, 2.45) is 5.10 Å². The number of hydrazone groups is 1. The van der Waals surface area contributed by atoms with Crippen molar-refractivity contribution in [2.75, 3.05) is 25.7 Å². The van der Waals surface area contributed by atoms with Gasteiger partial charge in [-0.3, -0.25) is 15.5 Å². The predicted molar refractivity (Wildman–Crippen MR) is 129 cm³/mol. The highest BCUT2D eigenvalue weighted by Gasteiger charge is 2.10. The summed E-state index contributed by atoms with van der Waals surface area (Å²) < 4.78 is 17.3. The van der Waals surface area contributed by atoms with Gasteiger partial charge in [0.15, 0.2) is 11.5 Å². The lowest BCUT2D eigenvalue weighted by Crippen LogP contribution is -2.07. The Morgan fingerprint density at radius 1 is 1.00 bits per heavy atom. The van der Waals surface area contributed by atoms with E-state index in [1.165, 1.54) is 23.3 Å². The molecule has 0 aliphatic rings. The van der Waals surface area contributed by atoms with Crippen molar-refractivity contribution in [1.29, 1.82) is 0 Å². The monoisotopic (exact) mass is 449 g/mol. The normalized spacial score (nSPS) is 10.8. The Hall–Kier alpha value is -4.07. The molecule has 0 spiro atoms. The lowest BCUT2D eigenvalue weighted by molar-refractivity contribution is -0.384. The van der Waals surface area contributed by atoms with Gasteiger partial charge in [0.05, 0.1) is 37.1 Å². The average Bonchev–Trinajstić information content (AvgIpc) is 2.79. The topological polar surface area (TPSA) is 95.2 Å². The van der Waals surface area contributed by atoms with E-state index in [1.807, 2.05) is 44.2 Å². The average molecular weight is 450 g/mol. The predicted octanol–water partition coefficient (Wildman–Crippen LogP) is 5.51. The van der Waals surface area contributed by atoms with Crippen molar-refractivity contribution in [2.45, 2.75) is 20.3 Å². The van der Waals surface area contributed by atoms with E-state index >= 15 is 0 Å². The zero-order valence-corrected chi connectivity index (χ0v) is 18.9. The quantitative estimate of drug-likeness (QED) is 0.179. The van der Waals surface area contributed by atoms with Crippen molar-refractivity contribution < 1.29 is 19.1 Å². The minimum absolute atomic E-state index is 0.0227. The highest BCUT2D eigenvalue weighted by molar-refractivity contribution is 5.85. The van der Waals surface area contributed by atoms with Crippen LogP contribution in [0, 0.1) is 24.0 Å². The van der Waals surface area contributed by atoms with Gasteiger partial charge in [-0.25, -0.2) is 0 Å². The number of ether oxygens (including phenoxy) is 3. The molecule has 3 rings (SSSR count). The lowest BCUT2D eigenvalue weighted by atomic mass is 10.1. The van der Waals surface area contributed by atoms with E-state index in [0.717, 1.165) is 11.3 Å². The summed E-state index contributed by atoms with van der Waals surface area (Å²) in [5.74, 6) is 2.04. The fourth-order valence-corrected chi connectivity index (χ4v) is 3.22. The number of anilines is 1. The zero-order valence-electron chi connectivity index (χ0n) is 18.9. The van der Waals surface area contributed by atoms with Crippen LogP contribution >= 0.6 is 0 Å². The number of nitrogens with zero attached hydrogens (tertiary/aromatic N) is 2. The van der Waals surface area contributed by atoms with Gasteiger partial charge in [0.2, 0.25) is 0 Å². The molecule has 0 bridgehead atoms. The van der Waals surface area contributed by atoms with Crippen LogP contribution in [-0.4, -0.2) is 31.5 Å². The first kappa shape index (κ1) is 23.6. The maximum atomic E-state index is 10.8. The van der Waals surface area contributed by atoms with Crippen molar-refractivity contribution in [1.82, 2.24) is 0 Å². The summed E-state index contributed by atoms with van der Waals surface area (Å²) in [7, 11) is 1.58. The van der Waals surface area contributed by atoms with Crippen LogP contribution in [0.5, 0.6) is 17.2 Å². The first-order chi connectivity index (χ1) is 16.0. The van der Waals surface area contributed by atoms with Gasteiger partial charge in [0.25, 0.3) is 5.69 Å². The second-order valence-electron chi connectivity index (χ2n) is 7.43. The number of nitrogens with one attached hydrogen (secondary N) is 1. The second-order valence-corrected chi connectivity index (χ2v) is 7.43. The van der Waals surface area contributed by atoms with Gasteiger partial charge in [0.1, 0.15) is 5.75 Å². The zero-order chi connectivity index (χ0) is 23.6. The van der Waals surface area contributed by atoms with E-state index in [0.29, 0.717) is 36.8 Å². The van der Waals surface area contributed by atoms with Gasteiger partial charge in [-0.05, 0) is 61.4 Å². The number of hydrogen-bond donors (Lipinski definition) is 1. The molecule has 0 aliphatic heterocycles. The van der Waals surface area contributed by atoms with Crippen LogP contribution in [0.15, 0.2) is 65.8 Å². The summed E-state index contributed by atoms with van der Waals surface area (Å²) in [5.41, 5.74) is 6.58. The Morgan fingerprint density at radius 2 is 1.70 bits per heavy atom. The number of hydrogen-bond acceptors (Lipinski definition) is 7. The van der Waals surface area contributed by atoms with E-state index in [1.54, 1.807) is 25.5 Å². The molecule has 8 heteroatoms. The standard InChI is InChI=1S/C25H27N3O5/c1-18-14-19(2)16-23(15-18)32-12-5-13-33-25-20(6-4-7-24(25)31-3)17-26-27-21-8-10-22(11-9-21)28(29)30/h4,6-11,14-17,27H,5,12-13H2,1-3H3/b26-17-. The Bertz CT molecular complexity index is 1090. The van der Waals surface area contributed by atoms with Crippen LogP contribution in [0.3, 0.4) is 0 Å². The van der Waals surface area contributed by atoms with Gasteiger partial charge < -0.3 is 14.2 Å². The molecular weight excluding hydrogens is 422 g/mol. The van der Waals surface area contributed by atoms with Crippen LogP contribution in [0.1, 0.15) is 23.1 Å². The maximum absolute atomic E-state index is 10.8. The molecule has 0 saturated carbocycles. The van der Waals surface area contributed by atoms with E-state index in [9.17, 15) is 10.1 Å². The summed E-state index contributed by atoms with van der Waals surface area (Å²) in [5, 5.41) is 15.0. The molecule has 33 heavy (non-hydrogen) atoms. The van der Waals surface area contributed by atoms with Crippen molar-refractivity contribution >= 4 is 17.6 Å². The van der Waals surface area contributed by atoms with Gasteiger partial charge in [-0.2, -0.15) is 5.10 Å². The summed E-state index contributed by atoms with van der Waals surface area (Å²) in [6, 6.07) is 17.7. The summed E-state index contributed by atoms with van der Waals surface area (Å²) in [4.78, 5) is 10.3. The molecule has 0 saturated heterocycles. The molecule has 0 amide bonds. The van der Waals surface area contributed by atoms with E-state index < -0.39 is 4.92 Å². The largest absolute Gasteiger partial charge is 0.493 e. The fraction of sp³-hybridized carbons (Fsp3) is 0.240. The Labute approximate surface area is 193 Å². The highest BCUT2D eigenvalue weighted by atomic mass is 16.6. The summed E-state index contributed by atoms with van der Waals surface area (Å²) in [6.45, 7) is 5.07. The number of rotatable bonds is 11. The third-order valence-corrected chi connectivity index (χ3v) is 4.70. The molecule has 0 fully saturated rings. The maximum Gasteiger partial charge on any atom is 0.269 e. The molecular formula is C25H27N3O5. The number of benzene rings is 3. The highest BCUT2D eigenvalue weighted by Crippen LogP contribution is 2.30. The Balaban J connectivity index is 1.57. The van der Waals surface area contributed by atoms with Crippen molar-refractivity contribution in [3.63, 3.8) is 0 Å². The Morgan fingerprint density at radius 3 is 2.36 bits per heavy atom. The number of nitro groups is 1. The number of methoxy groups -OCH3 is 1. The van der Waals surface area contributed by atoms with Crippen LogP contribution in [0.4, 0.5) is 11.4 Å². The van der Waals surface area contributed by atoms with E-state index in [-0.39, 0.29) is 5.69 Å². The molecule has 0 unspecified atom stereocenters. The van der Waals surface area contributed by atoms with Gasteiger partial charge in [-0.15, -0.1) is 0 Å². The van der Waals surface area contributed by atoms with Crippen LogP contribution in [0.2, 0.25) is 0 Å². The van der Waals surface area contributed by atoms with Crippen molar-refractivity contribution in [3.8, 4) is 17.2 Å². The minimum atomic E-state index is -0.445. The fourth-order valence-electron chi connectivity index (χ4n) is 3.22. The third-order valence-electron chi connectivity index (χ3n) is 4.70. The van der Waals surface area contributed by atoms with Crippen molar-refractivity contribution in [3.05, 3.63) is 87.5 Å². The molecule has 0 heterocycles. The third kappa shape index (κ3) is 6.96. The molecule has 1 N–H and O–H groups in total. The number of non-ortho nitro benzene ring substituents is 1. The number of aryl methyl sites for hydroxylation is 2. The first-order valence-electron chi connectivity index (χ1n) is 10.5. The lowest BCUT2D eigenvalue weighted by Gasteiger charge is -2.14. The van der Waals surface area contributed by atoms with E-state index in [2.05, 4.69) is 16.6 Å². The van der Waals surface area contributed by atoms with Gasteiger partial charge in [0, 0.05) is 24.1 Å². The molecule has 0 aliphatic carbocycles. The van der Waals surface area contributed by atoms with E-state index in [4.69, 9.17) is 14.2 Å². The molecule has 8 nitrogen and oxygen atoms in total. The van der Waals surface area contributed by atoms with Gasteiger partial charge >= 0.3 is 0 Å². The Kier molecular flexibility index (Phi) is 8.24. The van der Waals surface area contributed by atoms with Crippen LogP contribution in [0.25, 0.3) is 0 Å². The summed E-state index contributed by atoms with van der Waals surface area (Å²) >= 11 is 0. The SMILES string of the molecule is COc1cccc(/C=N\Nc2ccc([N+](=O)[O-])cc2)c1OCCCOc1cc(C)cc(C)c1. The van der Waals surface area contributed by atoms with Gasteiger partial charge in [-0.1, -0.05) is 12.1 Å². The molecule has 172 valence electrons.